The first-order valence-electron chi connectivity index (χ1n) is 10.6. The zero-order chi connectivity index (χ0) is 29.2. The van der Waals surface area contributed by atoms with Crippen LogP contribution in [0, 0.1) is 17.6 Å². The van der Waals surface area contributed by atoms with Gasteiger partial charge in [-0.15, -0.1) is 23.2 Å². The van der Waals surface area contributed by atoms with Crippen LogP contribution in [0.4, 0.5) is 45.3 Å². The van der Waals surface area contributed by atoms with Crippen molar-refractivity contribution in [2.24, 2.45) is 5.92 Å². The number of halogens is 10. The van der Waals surface area contributed by atoms with Gasteiger partial charge < -0.3 is 16.4 Å². The van der Waals surface area contributed by atoms with Gasteiger partial charge in [-0.05, 0) is 48.0 Å². The molecule has 1 fully saturated rings. The number of nitrogen functional groups attached to an aromatic ring is 1. The SMILES string of the molecule is Nc1c(F)ccc(NC(=O)c2cc(NC(=O)[C@H]3[C@H](c4cccc(S(F)(F)(F)(F)F)c4)C3(Cl)Cl)ccc2Cl)c1F. The maximum absolute atomic E-state index is 14.2. The van der Waals surface area contributed by atoms with Crippen LogP contribution in [0.2, 0.25) is 5.02 Å². The Morgan fingerprint density at radius 1 is 0.923 bits per heavy atom. The van der Waals surface area contributed by atoms with Crippen LogP contribution in [-0.4, -0.2) is 16.1 Å². The highest BCUT2D eigenvalue weighted by Crippen LogP contribution is 3.02. The van der Waals surface area contributed by atoms with Crippen LogP contribution in [0.3, 0.4) is 0 Å². The summed E-state index contributed by atoms with van der Waals surface area (Å²) in [6.07, 6.45) is 0. The molecule has 0 heterocycles. The third-order valence-electron chi connectivity index (χ3n) is 5.85. The molecule has 16 heteroatoms. The largest absolute Gasteiger partial charge is 0.394 e. The van der Waals surface area contributed by atoms with Crippen LogP contribution in [-0.2, 0) is 4.79 Å². The molecule has 3 aromatic rings. The van der Waals surface area contributed by atoms with Gasteiger partial charge in [0.2, 0.25) is 5.91 Å². The normalized spacial score (nSPS) is 19.9. The molecule has 1 saturated carbocycles. The van der Waals surface area contributed by atoms with Crippen LogP contribution in [0.1, 0.15) is 21.8 Å². The monoisotopic (exact) mass is 635 g/mol. The molecular formula is C23H15Cl3F7N3O2S. The molecule has 210 valence electrons. The minimum atomic E-state index is -10.0. The van der Waals surface area contributed by atoms with Gasteiger partial charge in [0, 0.05) is 11.6 Å². The molecule has 4 rings (SSSR count). The van der Waals surface area contributed by atoms with Gasteiger partial charge in [0.25, 0.3) is 5.91 Å². The predicted molar refractivity (Wildman–Crippen MR) is 137 cm³/mol. The Morgan fingerprint density at radius 3 is 2.23 bits per heavy atom. The van der Waals surface area contributed by atoms with Crippen molar-refractivity contribution in [1.29, 1.82) is 0 Å². The van der Waals surface area contributed by atoms with Crippen molar-refractivity contribution in [3.05, 3.63) is 82.4 Å². The van der Waals surface area contributed by atoms with E-state index in [1.807, 2.05) is 0 Å². The molecule has 3 aromatic carbocycles. The summed E-state index contributed by atoms with van der Waals surface area (Å²) >= 11 is 18.3. The average molecular weight is 637 g/mol. The first-order chi connectivity index (χ1) is 17.7. The van der Waals surface area contributed by atoms with E-state index in [4.69, 9.17) is 40.5 Å². The summed E-state index contributed by atoms with van der Waals surface area (Å²) in [5.41, 5.74) is 3.37. The second-order valence-corrected chi connectivity index (χ2v) is 12.9. The van der Waals surface area contributed by atoms with Crippen LogP contribution in [0.5, 0.6) is 0 Å². The molecule has 2 amide bonds. The summed E-state index contributed by atoms with van der Waals surface area (Å²) in [7, 11) is -10.0. The van der Waals surface area contributed by atoms with Crippen molar-refractivity contribution >= 4 is 73.9 Å². The van der Waals surface area contributed by atoms with E-state index in [0.717, 1.165) is 30.3 Å². The quantitative estimate of drug-likeness (QED) is 0.144. The number of hydrogen-bond acceptors (Lipinski definition) is 3. The van der Waals surface area contributed by atoms with Gasteiger partial charge in [-0.25, -0.2) is 8.78 Å². The third kappa shape index (κ3) is 5.86. The first-order valence-corrected chi connectivity index (χ1v) is 13.7. The molecule has 2 atom stereocenters. The average Bonchev–Trinajstić information content (AvgIpc) is 3.41. The van der Waals surface area contributed by atoms with Crippen LogP contribution < -0.4 is 16.4 Å². The third-order valence-corrected chi connectivity index (χ3v) is 8.27. The number of carbonyl (C=O) groups is 2. The minimum Gasteiger partial charge on any atom is -0.394 e. The molecule has 0 radical (unpaired) electrons. The number of amides is 2. The molecule has 0 bridgehead atoms. The van der Waals surface area contributed by atoms with E-state index in [1.54, 1.807) is 0 Å². The van der Waals surface area contributed by atoms with Gasteiger partial charge in [-0.3, -0.25) is 9.59 Å². The molecule has 39 heavy (non-hydrogen) atoms. The summed E-state index contributed by atoms with van der Waals surface area (Å²) in [4.78, 5) is 23.4. The number of carbonyl (C=O) groups excluding carboxylic acids is 2. The van der Waals surface area contributed by atoms with Crippen LogP contribution in [0.25, 0.3) is 0 Å². The first kappa shape index (κ1) is 29.1. The molecule has 0 unspecified atom stereocenters. The lowest BCUT2D eigenvalue weighted by Gasteiger charge is -2.40. The Balaban J connectivity index is 1.54. The lowest BCUT2D eigenvalue weighted by molar-refractivity contribution is -0.117. The lowest BCUT2D eigenvalue weighted by Crippen LogP contribution is -2.18. The standard InChI is InChI=1S/C23H15Cl3F7N3O2S/c24-14-5-4-11(9-13(14)21(37)36-16-7-6-15(27)20(34)19(16)28)35-22(38)18-17(23(18,25)26)10-2-1-3-12(8-10)39(29,30,31,32)33/h1-9,17-18H,34H2,(H,35,38)(H,36,37)/t17-,18+/m0/s1. The van der Waals surface area contributed by atoms with E-state index in [1.165, 1.54) is 12.1 Å². The van der Waals surface area contributed by atoms with Gasteiger partial charge in [-0.1, -0.05) is 43.2 Å². The second kappa shape index (κ2) is 8.82. The number of hydrogen-bond donors (Lipinski definition) is 3. The summed E-state index contributed by atoms with van der Waals surface area (Å²) in [5.74, 6) is -6.72. The predicted octanol–water partition coefficient (Wildman–Crippen LogP) is 8.64. The van der Waals surface area contributed by atoms with E-state index >= 15 is 0 Å². The van der Waals surface area contributed by atoms with Crippen molar-refractivity contribution in [1.82, 2.24) is 0 Å². The van der Waals surface area contributed by atoms with Crippen molar-refractivity contribution in [2.75, 3.05) is 16.4 Å². The Bertz CT molecular complexity index is 1540. The fraction of sp³-hybridized carbons (Fsp3) is 0.130. The number of nitrogens with two attached hydrogens (primary N) is 1. The minimum absolute atomic E-state index is 0.0378. The van der Waals surface area contributed by atoms with E-state index in [-0.39, 0.29) is 34.0 Å². The Kier molecular flexibility index (Phi) is 6.58. The van der Waals surface area contributed by atoms with Crippen LogP contribution >= 0.6 is 45.0 Å². The molecule has 5 nitrogen and oxygen atoms in total. The highest BCUT2D eigenvalue weighted by Gasteiger charge is 2.69. The van der Waals surface area contributed by atoms with E-state index in [9.17, 15) is 37.8 Å². The van der Waals surface area contributed by atoms with Gasteiger partial charge >= 0.3 is 10.2 Å². The lowest BCUT2D eigenvalue weighted by atomic mass is 10.1. The highest BCUT2D eigenvalue weighted by atomic mass is 35.5. The zero-order valence-electron chi connectivity index (χ0n) is 18.9. The highest BCUT2D eigenvalue weighted by molar-refractivity contribution is 8.45. The Labute approximate surface area is 231 Å². The van der Waals surface area contributed by atoms with Gasteiger partial charge in [0.05, 0.1) is 22.2 Å². The molecule has 0 aliphatic heterocycles. The second-order valence-electron chi connectivity index (χ2n) is 8.63. The Morgan fingerprint density at radius 2 is 1.59 bits per heavy atom. The summed E-state index contributed by atoms with van der Waals surface area (Å²) < 4.78 is 91.9. The summed E-state index contributed by atoms with van der Waals surface area (Å²) in [6.45, 7) is 0. The number of rotatable bonds is 6. The molecule has 0 spiro atoms. The van der Waals surface area contributed by atoms with Gasteiger partial charge in [-0.2, -0.15) is 0 Å². The maximum Gasteiger partial charge on any atom is 0.310 e. The molecule has 1 aliphatic rings. The molecule has 0 saturated heterocycles. The van der Waals surface area contributed by atoms with Crippen molar-refractivity contribution < 1.29 is 37.8 Å². The maximum atomic E-state index is 14.2. The van der Waals surface area contributed by atoms with Gasteiger partial charge in [0.15, 0.2) is 5.82 Å². The molecule has 4 N–H and O–H groups in total. The van der Waals surface area contributed by atoms with Crippen molar-refractivity contribution in [3.63, 3.8) is 0 Å². The van der Waals surface area contributed by atoms with Crippen molar-refractivity contribution in [3.8, 4) is 0 Å². The Hall–Kier alpha value is -2.87. The molecule has 0 aromatic heterocycles. The fourth-order valence-electron chi connectivity index (χ4n) is 3.87. The molecular weight excluding hydrogens is 622 g/mol. The fourth-order valence-corrected chi connectivity index (χ4v) is 5.59. The van der Waals surface area contributed by atoms with E-state index < -0.39 is 66.1 Å². The number of benzene rings is 3. The van der Waals surface area contributed by atoms with E-state index in [2.05, 4.69) is 10.6 Å². The number of nitrogens with one attached hydrogen (secondary N) is 2. The van der Waals surface area contributed by atoms with Gasteiger partial charge in [0.1, 0.15) is 20.7 Å². The summed E-state index contributed by atoms with van der Waals surface area (Å²) in [5, 5.41) is 4.42. The number of anilines is 3. The van der Waals surface area contributed by atoms with E-state index in [0.29, 0.717) is 0 Å². The van der Waals surface area contributed by atoms with Crippen LogP contribution in [0.15, 0.2) is 59.5 Å². The smallest absolute Gasteiger partial charge is 0.310 e. The zero-order valence-corrected chi connectivity index (χ0v) is 22.0. The van der Waals surface area contributed by atoms with Crippen molar-refractivity contribution in [2.45, 2.75) is 15.1 Å². The summed E-state index contributed by atoms with van der Waals surface area (Å²) in [6, 6.07) is 7.56. The topological polar surface area (TPSA) is 84.2 Å². The number of alkyl halides is 2. The molecule has 1 aliphatic carbocycles.